The van der Waals surface area contributed by atoms with Gasteiger partial charge in [0.1, 0.15) is 5.75 Å². The minimum absolute atomic E-state index is 0.0392. The fourth-order valence-corrected chi connectivity index (χ4v) is 1.51. The number of ether oxygens (including phenoxy) is 2. The van der Waals surface area contributed by atoms with Crippen LogP contribution in [-0.2, 0) is 15.5 Å². The van der Waals surface area contributed by atoms with Gasteiger partial charge >= 0.3 is 5.97 Å². The van der Waals surface area contributed by atoms with Crippen molar-refractivity contribution in [2.75, 3.05) is 13.7 Å². The minimum atomic E-state index is -3.18. The molecule has 0 N–H and O–H groups in total. The Kier molecular flexibility index (Phi) is 4.58. The van der Waals surface area contributed by atoms with Crippen molar-refractivity contribution in [2.24, 2.45) is 0 Å². The van der Waals surface area contributed by atoms with E-state index in [9.17, 15) is 18.4 Å². The predicted molar refractivity (Wildman–Crippen MR) is 63.5 cm³/mol. The van der Waals surface area contributed by atoms with E-state index < -0.39 is 23.2 Å². The zero-order chi connectivity index (χ0) is 14.6. The zero-order valence-electron chi connectivity index (χ0n) is 10.8. The molecule has 6 heteroatoms. The van der Waals surface area contributed by atoms with Gasteiger partial charge in [-0.3, -0.25) is 4.79 Å². The normalized spacial score (nSPS) is 11.0. The van der Waals surface area contributed by atoms with Crippen molar-refractivity contribution in [3.8, 4) is 5.75 Å². The van der Waals surface area contributed by atoms with E-state index in [4.69, 9.17) is 4.74 Å². The molecule has 0 aliphatic heterocycles. The first-order chi connectivity index (χ1) is 8.81. The first-order valence-corrected chi connectivity index (χ1v) is 5.59. The molecule has 0 fully saturated rings. The summed E-state index contributed by atoms with van der Waals surface area (Å²) in [7, 11) is 1.25. The highest BCUT2D eigenvalue weighted by Gasteiger charge is 2.30. The molecule has 104 valence electrons. The summed E-state index contributed by atoms with van der Waals surface area (Å²) in [5.41, 5.74) is -0.610. The van der Waals surface area contributed by atoms with Crippen LogP contribution in [0.2, 0.25) is 0 Å². The Bertz CT molecular complexity index is 492. The van der Waals surface area contributed by atoms with Gasteiger partial charge < -0.3 is 9.47 Å². The summed E-state index contributed by atoms with van der Waals surface area (Å²) < 4.78 is 36.1. The summed E-state index contributed by atoms with van der Waals surface area (Å²) in [6.07, 6.45) is 0. The lowest BCUT2D eigenvalue weighted by Crippen LogP contribution is -2.19. The van der Waals surface area contributed by atoms with Crippen LogP contribution in [0.25, 0.3) is 0 Å². The molecule has 0 atom stereocenters. The number of methoxy groups -OCH3 is 1. The molecule has 1 rings (SSSR count). The van der Waals surface area contributed by atoms with Crippen LogP contribution < -0.4 is 4.74 Å². The Labute approximate surface area is 109 Å². The number of carbonyl (C=O) groups excluding carboxylic acids is 2. The maximum Gasteiger partial charge on any atom is 0.379 e. The lowest BCUT2D eigenvalue weighted by atomic mass is 10.0. The highest BCUT2D eigenvalue weighted by atomic mass is 19.3. The van der Waals surface area contributed by atoms with Crippen LogP contribution in [0.1, 0.15) is 29.8 Å². The molecule has 0 aromatic heterocycles. The molecule has 1 aromatic rings. The van der Waals surface area contributed by atoms with Gasteiger partial charge in [-0.1, -0.05) is 0 Å². The van der Waals surface area contributed by atoms with Gasteiger partial charge in [-0.2, -0.15) is 0 Å². The molecule has 0 bridgehead atoms. The van der Waals surface area contributed by atoms with Gasteiger partial charge in [-0.25, -0.2) is 13.6 Å². The van der Waals surface area contributed by atoms with Crippen molar-refractivity contribution in [2.45, 2.75) is 19.8 Å². The highest BCUT2D eigenvalue weighted by Crippen LogP contribution is 2.35. The van der Waals surface area contributed by atoms with Crippen molar-refractivity contribution < 1.29 is 27.8 Å². The van der Waals surface area contributed by atoms with Crippen molar-refractivity contribution in [3.63, 3.8) is 0 Å². The fraction of sp³-hybridized carbons (Fsp3) is 0.385. The summed E-state index contributed by atoms with van der Waals surface area (Å²) >= 11 is 0. The molecule has 0 aliphatic carbocycles. The maximum atomic E-state index is 13.4. The minimum Gasteiger partial charge on any atom is -0.496 e. The summed E-state index contributed by atoms with van der Waals surface area (Å²) in [5, 5.41) is 0. The van der Waals surface area contributed by atoms with Crippen LogP contribution in [-0.4, -0.2) is 25.5 Å². The van der Waals surface area contributed by atoms with Crippen LogP contribution >= 0.6 is 0 Å². The third-order valence-electron chi connectivity index (χ3n) is 2.40. The summed E-state index contributed by atoms with van der Waals surface area (Å²) in [6.45, 7) is 2.27. The monoisotopic (exact) mass is 272 g/mol. The SMILES string of the molecule is CCOC(=O)C(=O)c1ccc(OC)c(C(C)(F)F)c1. The molecule has 0 aliphatic rings. The van der Waals surface area contributed by atoms with Gasteiger partial charge in [0.05, 0.1) is 19.3 Å². The number of rotatable bonds is 5. The molecule has 0 heterocycles. The first kappa shape index (κ1) is 15.1. The number of halogens is 2. The van der Waals surface area contributed by atoms with Crippen LogP contribution in [0.5, 0.6) is 5.75 Å². The number of alkyl halides is 2. The second-order valence-corrected chi connectivity index (χ2v) is 3.85. The highest BCUT2D eigenvalue weighted by molar-refractivity contribution is 6.40. The van der Waals surface area contributed by atoms with E-state index in [2.05, 4.69) is 4.74 Å². The number of esters is 1. The smallest absolute Gasteiger partial charge is 0.379 e. The number of ketones is 1. The van der Waals surface area contributed by atoms with Crippen molar-refractivity contribution in [1.82, 2.24) is 0 Å². The number of benzene rings is 1. The maximum absolute atomic E-state index is 13.4. The van der Waals surface area contributed by atoms with E-state index in [1.54, 1.807) is 6.92 Å². The van der Waals surface area contributed by atoms with Gasteiger partial charge in [0, 0.05) is 12.5 Å². The summed E-state index contributed by atoms with van der Waals surface area (Å²) in [4.78, 5) is 22.9. The van der Waals surface area contributed by atoms with Crippen molar-refractivity contribution in [1.29, 1.82) is 0 Å². The molecule has 4 nitrogen and oxygen atoms in total. The molecule has 0 unspecified atom stereocenters. The molecule has 0 radical (unpaired) electrons. The Hall–Kier alpha value is -1.98. The molecule has 1 aromatic carbocycles. The average molecular weight is 272 g/mol. The van der Waals surface area contributed by atoms with Gasteiger partial charge in [0.25, 0.3) is 11.7 Å². The van der Waals surface area contributed by atoms with E-state index in [-0.39, 0.29) is 17.9 Å². The molecular weight excluding hydrogens is 258 g/mol. The van der Waals surface area contributed by atoms with Crippen LogP contribution in [0, 0.1) is 0 Å². The van der Waals surface area contributed by atoms with E-state index in [1.165, 1.54) is 19.2 Å². The summed E-state index contributed by atoms with van der Waals surface area (Å²) in [5.74, 6) is -5.27. The molecular formula is C13H14F2O4. The Morgan fingerprint density at radius 2 is 1.95 bits per heavy atom. The molecule has 19 heavy (non-hydrogen) atoms. The van der Waals surface area contributed by atoms with Gasteiger partial charge in [0.2, 0.25) is 0 Å². The standard InChI is InChI=1S/C13H14F2O4/c1-4-19-12(17)11(16)8-5-6-10(18-3)9(7-8)13(2,14)15/h5-7H,4H2,1-3H3. The van der Waals surface area contributed by atoms with Crippen LogP contribution in [0.4, 0.5) is 8.78 Å². The fourth-order valence-electron chi connectivity index (χ4n) is 1.51. The Morgan fingerprint density at radius 3 is 2.42 bits per heavy atom. The van der Waals surface area contributed by atoms with Crippen LogP contribution in [0.3, 0.4) is 0 Å². The van der Waals surface area contributed by atoms with Crippen molar-refractivity contribution in [3.05, 3.63) is 29.3 Å². The largest absolute Gasteiger partial charge is 0.496 e. The van der Waals surface area contributed by atoms with E-state index in [1.807, 2.05) is 0 Å². The summed E-state index contributed by atoms with van der Waals surface area (Å²) in [6, 6.07) is 3.41. The lowest BCUT2D eigenvalue weighted by Gasteiger charge is -2.15. The molecule has 0 spiro atoms. The molecule has 0 saturated carbocycles. The van der Waals surface area contributed by atoms with Gasteiger partial charge in [-0.15, -0.1) is 0 Å². The first-order valence-electron chi connectivity index (χ1n) is 5.59. The van der Waals surface area contributed by atoms with E-state index >= 15 is 0 Å². The van der Waals surface area contributed by atoms with Gasteiger partial charge in [0.15, 0.2) is 0 Å². The number of carbonyl (C=O) groups is 2. The molecule has 0 amide bonds. The third kappa shape index (κ3) is 3.49. The quantitative estimate of drug-likeness (QED) is 0.469. The zero-order valence-corrected chi connectivity index (χ0v) is 10.8. The van der Waals surface area contributed by atoms with Crippen LogP contribution in [0.15, 0.2) is 18.2 Å². The third-order valence-corrected chi connectivity index (χ3v) is 2.40. The van der Waals surface area contributed by atoms with E-state index in [0.29, 0.717) is 6.92 Å². The molecule has 0 saturated heterocycles. The van der Waals surface area contributed by atoms with Crippen molar-refractivity contribution >= 4 is 11.8 Å². The second kappa shape index (κ2) is 5.77. The lowest BCUT2D eigenvalue weighted by molar-refractivity contribution is -0.137. The van der Waals surface area contributed by atoms with Gasteiger partial charge in [-0.05, 0) is 25.1 Å². The number of hydrogen-bond acceptors (Lipinski definition) is 4. The average Bonchev–Trinajstić information content (AvgIpc) is 2.36. The Morgan fingerprint density at radius 1 is 1.32 bits per heavy atom. The van der Waals surface area contributed by atoms with E-state index in [0.717, 1.165) is 6.07 Å². The second-order valence-electron chi connectivity index (χ2n) is 3.85. The topological polar surface area (TPSA) is 52.6 Å². The Balaban J connectivity index is 3.19. The number of hydrogen-bond donors (Lipinski definition) is 0. The number of Topliss-reactive ketones (excluding diaryl/α,β-unsaturated/α-hetero) is 1. The predicted octanol–water partition coefficient (Wildman–Crippen LogP) is 2.55.